The maximum absolute atomic E-state index is 11.3. The van der Waals surface area contributed by atoms with Gasteiger partial charge in [-0.2, -0.15) is 0 Å². The van der Waals surface area contributed by atoms with Crippen LogP contribution in [-0.4, -0.2) is 78.1 Å². The van der Waals surface area contributed by atoms with Crippen LogP contribution in [0.25, 0.3) is 22.3 Å². The summed E-state index contributed by atoms with van der Waals surface area (Å²) in [4.78, 5) is 32.5. The van der Waals surface area contributed by atoms with Crippen LogP contribution >= 0.6 is 0 Å². The predicted molar refractivity (Wildman–Crippen MR) is 167 cm³/mol. The number of fused-ring (bicyclic) bond motifs is 2. The highest BCUT2D eigenvalue weighted by Crippen LogP contribution is 2.39. The fourth-order valence-corrected chi connectivity index (χ4v) is 7.02. The molecule has 2 saturated heterocycles. The lowest BCUT2D eigenvalue weighted by molar-refractivity contribution is -0.109. The summed E-state index contributed by atoms with van der Waals surface area (Å²) in [7, 11) is 0. The van der Waals surface area contributed by atoms with Gasteiger partial charge < -0.3 is 24.3 Å². The van der Waals surface area contributed by atoms with Crippen molar-refractivity contribution in [3.05, 3.63) is 70.5 Å². The van der Waals surface area contributed by atoms with E-state index in [-0.39, 0.29) is 11.5 Å². The second kappa shape index (κ2) is 10.5. The van der Waals surface area contributed by atoms with Gasteiger partial charge in [0, 0.05) is 84.5 Å². The first-order chi connectivity index (χ1) is 20.3. The summed E-state index contributed by atoms with van der Waals surface area (Å²) in [5, 5.41) is 1.19. The molecule has 0 radical (unpaired) electrons. The van der Waals surface area contributed by atoms with Crippen molar-refractivity contribution in [3.63, 3.8) is 0 Å². The molecular formula is C34H40N6O2. The molecule has 0 bridgehead atoms. The molecule has 8 heteroatoms. The van der Waals surface area contributed by atoms with Gasteiger partial charge in [0.25, 0.3) is 0 Å². The average Bonchev–Trinajstić information content (AvgIpc) is 3.36. The summed E-state index contributed by atoms with van der Waals surface area (Å²) >= 11 is 0. The second-order valence-electron chi connectivity index (χ2n) is 12.7. The third kappa shape index (κ3) is 4.57. The minimum atomic E-state index is 0.0906. The summed E-state index contributed by atoms with van der Waals surface area (Å²) in [6, 6.07) is 13.5. The minimum Gasteiger partial charge on any atom is -0.379 e. The summed E-state index contributed by atoms with van der Waals surface area (Å²) in [5.74, 6) is 1.83. The van der Waals surface area contributed by atoms with E-state index in [4.69, 9.17) is 14.7 Å². The molecule has 0 spiro atoms. The van der Waals surface area contributed by atoms with Crippen molar-refractivity contribution in [2.75, 3.05) is 55.7 Å². The number of hydrogen-bond acceptors (Lipinski definition) is 7. The van der Waals surface area contributed by atoms with E-state index in [9.17, 15) is 4.79 Å². The Hall–Kier alpha value is -3.75. The number of ether oxygens (including phenoxy) is 1. The van der Waals surface area contributed by atoms with Gasteiger partial charge in [0.1, 0.15) is 12.1 Å². The van der Waals surface area contributed by atoms with Crippen LogP contribution in [0.15, 0.2) is 42.6 Å². The fourth-order valence-electron chi connectivity index (χ4n) is 7.02. The molecule has 1 N–H and O–H groups in total. The zero-order chi connectivity index (χ0) is 29.0. The number of carbonyl (C=O) groups is 1. The van der Waals surface area contributed by atoms with E-state index in [1.807, 2.05) is 0 Å². The topological polar surface area (TPSA) is 77.6 Å². The highest BCUT2D eigenvalue weighted by atomic mass is 16.5. The number of piperazine rings is 1. The summed E-state index contributed by atoms with van der Waals surface area (Å²) in [5.41, 5.74) is 9.77. The largest absolute Gasteiger partial charge is 0.379 e. The van der Waals surface area contributed by atoms with E-state index in [0.29, 0.717) is 6.54 Å². The van der Waals surface area contributed by atoms with Crippen LogP contribution in [0.4, 0.5) is 11.5 Å². The molecule has 4 aromatic rings. The van der Waals surface area contributed by atoms with Crippen LogP contribution in [0, 0.1) is 13.8 Å². The molecule has 3 aliphatic heterocycles. The maximum Gasteiger partial charge on any atom is 0.162 e. The molecule has 2 aromatic carbocycles. The predicted octanol–water partition coefficient (Wildman–Crippen LogP) is 4.80. The first-order valence-corrected chi connectivity index (χ1v) is 15.2. The van der Waals surface area contributed by atoms with E-state index in [0.717, 1.165) is 87.1 Å². The molecule has 0 aliphatic carbocycles. The van der Waals surface area contributed by atoms with Crippen molar-refractivity contribution in [3.8, 4) is 11.4 Å². The van der Waals surface area contributed by atoms with Gasteiger partial charge in [-0.3, -0.25) is 4.90 Å². The van der Waals surface area contributed by atoms with Gasteiger partial charge >= 0.3 is 0 Å². The fraction of sp³-hybridized carbons (Fsp3) is 0.441. The van der Waals surface area contributed by atoms with Crippen molar-refractivity contribution >= 4 is 28.7 Å². The Morgan fingerprint density at radius 2 is 1.95 bits per heavy atom. The van der Waals surface area contributed by atoms with Crippen molar-refractivity contribution in [1.29, 1.82) is 0 Å². The number of anilines is 2. The van der Waals surface area contributed by atoms with E-state index in [1.165, 1.54) is 33.3 Å². The van der Waals surface area contributed by atoms with Crippen LogP contribution in [0.2, 0.25) is 0 Å². The Balaban J connectivity index is 1.31. The van der Waals surface area contributed by atoms with Gasteiger partial charge in [-0.15, -0.1) is 0 Å². The lowest BCUT2D eigenvalue weighted by atomic mass is 9.80. The van der Waals surface area contributed by atoms with E-state index in [1.54, 1.807) is 0 Å². The molecule has 7 rings (SSSR count). The van der Waals surface area contributed by atoms with Crippen LogP contribution in [0.5, 0.6) is 0 Å². The highest BCUT2D eigenvalue weighted by Gasteiger charge is 2.36. The number of rotatable bonds is 6. The maximum atomic E-state index is 11.3. The zero-order valence-electron chi connectivity index (χ0n) is 25.1. The quantitative estimate of drug-likeness (QED) is 0.337. The summed E-state index contributed by atoms with van der Waals surface area (Å²) < 4.78 is 5.59. The Kier molecular flexibility index (Phi) is 6.78. The molecule has 2 fully saturated rings. The first-order valence-electron chi connectivity index (χ1n) is 15.2. The monoisotopic (exact) mass is 564 g/mol. The third-order valence-electron chi connectivity index (χ3n) is 9.59. The number of nitrogens with zero attached hydrogens (tertiary/aromatic N) is 5. The summed E-state index contributed by atoms with van der Waals surface area (Å²) in [6.45, 7) is 15.1. The minimum absolute atomic E-state index is 0.0906. The molecule has 3 aliphatic rings. The number of aldehydes is 1. The SMILES string of the molecule is Cc1ccc(C2(C)COC2)cc1N1CCc2nc(-c3cccc4[nH]cc(C)c34)nc(N3CCN(CC=O)C[C@H]3C)c2C1. The Bertz CT molecular complexity index is 1660. The Morgan fingerprint density at radius 3 is 2.71 bits per heavy atom. The normalized spacial score (nSPS) is 20.4. The van der Waals surface area contributed by atoms with E-state index >= 15 is 0 Å². The number of benzene rings is 2. The molecular weight excluding hydrogens is 524 g/mol. The summed E-state index contributed by atoms with van der Waals surface area (Å²) in [6.07, 6.45) is 3.94. The molecule has 5 heterocycles. The van der Waals surface area contributed by atoms with Crippen molar-refractivity contribution < 1.29 is 9.53 Å². The molecule has 0 unspecified atom stereocenters. The zero-order valence-corrected chi connectivity index (χ0v) is 25.1. The molecule has 1 atom stereocenters. The van der Waals surface area contributed by atoms with Crippen LogP contribution in [0.1, 0.15) is 41.8 Å². The Morgan fingerprint density at radius 1 is 1.10 bits per heavy atom. The van der Waals surface area contributed by atoms with Gasteiger partial charge in [0.15, 0.2) is 5.82 Å². The smallest absolute Gasteiger partial charge is 0.162 e. The van der Waals surface area contributed by atoms with Crippen molar-refractivity contribution in [1.82, 2.24) is 19.9 Å². The van der Waals surface area contributed by atoms with E-state index in [2.05, 4.69) is 90.0 Å². The lowest BCUT2D eigenvalue weighted by Gasteiger charge is -2.42. The first kappa shape index (κ1) is 27.1. The molecule has 218 valence electrons. The Labute approximate surface area is 247 Å². The molecule has 0 amide bonds. The second-order valence-corrected chi connectivity index (χ2v) is 12.7. The number of carbonyl (C=O) groups excluding carboxylic acids is 1. The lowest BCUT2D eigenvalue weighted by Crippen LogP contribution is -2.53. The van der Waals surface area contributed by atoms with Crippen LogP contribution < -0.4 is 9.80 Å². The van der Waals surface area contributed by atoms with Gasteiger partial charge in [-0.25, -0.2) is 9.97 Å². The van der Waals surface area contributed by atoms with Crippen LogP contribution in [-0.2, 0) is 27.9 Å². The molecule has 8 nitrogen and oxygen atoms in total. The standard InChI is InChI=1S/C34H40N6O2/c1-22-8-9-25(34(4)20-42-21-34)16-30(22)39-11-10-28-27(19-39)33(40-13-12-38(14-15-41)18-24(40)3)37-32(36-28)26-6-5-7-29-31(26)23(2)17-35-29/h5-9,15-17,24,35H,10-14,18-21H2,1-4H3/t24-/m1/s1. The number of aromatic nitrogens is 3. The van der Waals surface area contributed by atoms with Crippen LogP contribution in [0.3, 0.4) is 0 Å². The average molecular weight is 565 g/mol. The van der Waals surface area contributed by atoms with Gasteiger partial charge in [0.2, 0.25) is 0 Å². The van der Waals surface area contributed by atoms with Crippen molar-refractivity contribution in [2.24, 2.45) is 0 Å². The number of hydrogen-bond donors (Lipinski definition) is 1. The number of nitrogens with one attached hydrogen (secondary N) is 1. The van der Waals surface area contributed by atoms with Gasteiger partial charge in [0.05, 0.1) is 25.5 Å². The van der Waals surface area contributed by atoms with Gasteiger partial charge in [-0.1, -0.05) is 31.2 Å². The molecule has 42 heavy (non-hydrogen) atoms. The third-order valence-corrected chi connectivity index (χ3v) is 9.59. The number of H-pyrrole nitrogens is 1. The highest BCUT2D eigenvalue weighted by molar-refractivity contribution is 5.96. The molecule has 2 aromatic heterocycles. The number of aromatic amines is 1. The molecule has 0 saturated carbocycles. The van der Waals surface area contributed by atoms with Crippen molar-refractivity contribution in [2.45, 2.75) is 52.1 Å². The number of aryl methyl sites for hydroxylation is 2. The van der Waals surface area contributed by atoms with E-state index < -0.39 is 0 Å². The van der Waals surface area contributed by atoms with Gasteiger partial charge in [-0.05, 0) is 49.6 Å².